The van der Waals surface area contributed by atoms with Crippen molar-refractivity contribution in [1.29, 1.82) is 0 Å². The van der Waals surface area contributed by atoms with Gasteiger partial charge in [-0.1, -0.05) is 23.2 Å². The Kier molecular flexibility index (Phi) is 6.17. The number of hydrogen-bond acceptors (Lipinski definition) is 6. The lowest BCUT2D eigenvalue weighted by Gasteiger charge is -2.23. The summed E-state index contributed by atoms with van der Waals surface area (Å²) >= 11 is 12.0. The highest BCUT2D eigenvalue weighted by molar-refractivity contribution is 7.92. The molecule has 0 unspecified atom stereocenters. The Morgan fingerprint density at radius 2 is 1.78 bits per heavy atom. The van der Waals surface area contributed by atoms with Crippen LogP contribution < -0.4 is 4.31 Å². The highest BCUT2D eigenvalue weighted by Gasteiger charge is 2.28. The zero-order valence-corrected chi connectivity index (χ0v) is 20.6. The summed E-state index contributed by atoms with van der Waals surface area (Å²) in [7, 11) is -4.29. The first-order valence-corrected chi connectivity index (χ1v) is 12.6. The fourth-order valence-electron chi connectivity index (χ4n) is 3.78. The Balaban J connectivity index is 1.57. The van der Waals surface area contributed by atoms with Gasteiger partial charge in [0.2, 0.25) is 5.89 Å². The predicted octanol–water partition coefficient (Wildman–Crippen LogP) is 5.27. The first-order chi connectivity index (χ1) is 17.2. The van der Waals surface area contributed by atoms with E-state index in [1.54, 1.807) is 42.9 Å². The third-order valence-corrected chi connectivity index (χ3v) is 7.52. The second kappa shape index (κ2) is 9.30. The number of aliphatic carboxylic acids is 1. The summed E-state index contributed by atoms with van der Waals surface area (Å²) in [6.45, 7) is -0.793. The lowest BCUT2D eigenvalue weighted by atomic mass is 10.2. The molecule has 0 spiro atoms. The number of sulfonamides is 1. The van der Waals surface area contributed by atoms with E-state index in [4.69, 9.17) is 27.6 Å². The van der Waals surface area contributed by atoms with Crippen LogP contribution in [0, 0.1) is 0 Å². The number of nitrogens with zero attached hydrogens (tertiary/aromatic N) is 4. The van der Waals surface area contributed by atoms with Crippen molar-refractivity contribution in [3.05, 3.63) is 89.5 Å². The third kappa shape index (κ3) is 4.53. The number of carbonyl (C=O) groups is 1. The van der Waals surface area contributed by atoms with Gasteiger partial charge in [0.05, 0.1) is 22.3 Å². The van der Waals surface area contributed by atoms with E-state index in [9.17, 15) is 18.3 Å². The maximum atomic E-state index is 13.4. The second-order valence-corrected chi connectivity index (χ2v) is 10.4. The van der Waals surface area contributed by atoms with Gasteiger partial charge in [0.25, 0.3) is 10.0 Å². The first-order valence-electron chi connectivity index (χ1n) is 10.4. The predicted molar refractivity (Wildman–Crippen MR) is 135 cm³/mol. The molecular formula is C24H16Cl2N4O5S. The maximum Gasteiger partial charge on any atom is 0.324 e. The van der Waals surface area contributed by atoms with E-state index >= 15 is 0 Å². The molecule has 2 aromatic carbocycles. The Morgan fingerprint density at radius 3 is 2.47 bits per heavy atom. The van der Waals surface area contributed by atoms with Gasteiger partial charge in [0.15, 0.2) is 0 Å². The molecule has 36 heavy (non-hydrogen) atoms. The zero-order chi connectivity index (χ0) is 25.4. The molecule has 5 aromatic rings. The molecule has 3 heterocycles. The topological polar surface area (TPSA) is 119 Å². The summed E-state index contributed by atoms with van der Waals surface area (Å²) in [4.78, 5) is 20.0. The average Bonchev–Trinajstić information content (AvgIpc) is 3.52. The molecule has 0 saturated heterocycles. The van der Waals surface area contributed by atoms with Crippen molar-refractivity contribution >= 4 is 55.8 Å². The first kappa shape index (κ1) is 23.9. The number of fused-ring (bicyclic) bond motifs is 1. The number of aromatic nitrogens is 3. The molecule has 0 aliphatic heterocycles. The van der Waals surface area contributed by atoms with Crippen LogP contribution in [0.25, 0.3) is 28.2 Å². The third-order valence-electron chi connectivity index (χ3n) is 5.34. The van der Waals surface area contributed by atoms with Crippen molar-refractivity contribution in [3.63, 3.8) is 0 Å². The van der Waals surface area contributed by atoms with Gasteiger partial charge in [-0.2, -0.15) is 0 Å². The molecule has 12 heteroatoms. The van der Waals surface area contributed by atoms with Gasteiger partial charge in [-0.25, -0.2) is 18.4 Å². The maximum absolute atomic E-state index is 13.4. The summed E-state index contributed by atoms with van der Waals surface area (Å²) in [6.07, 6.45) is 6.45. The minimum Gasteiger partial charge on any atom is -0.480 e. The molecule has 3 aromatic heterocycles. The summed E-state index contributed by atoms with van der Waals surface area (Å²) < 4.78 is 34.8. The summed E-state index contributed by atoms with van der Waals surface area (Å²) in [5, 5.41) is 10.4. The fraction of sp³-hybridized carbons (Fsp3) is 0.0417. The number of halogens is 2. The summed E-state index contributed by atoms with van der Waals surface area (Å²) in [5.74, 6) is -0.276. The smallest absolute Gasteiger partial charge is 0.324 e. The summed E-state index contributed by atoms with van der Waals surface area (Å²) in [6, 6.07) is 14.0. The molecule has 0 atom stereocenters. The molecule has 0 amide bonds. The molecule has 5 rings (SSSR count). The number of oxazole rings is 1. The van der Waals surface area contributed by atoms with Crippen molar-refractivity contribution in [2.45, 2.75) is 4.90 Å². The molecule has 0 aliphatic carbocycles. The molecule has 0 aliphatic rings. The van der Waals surface area contributed by atoms with Crippen LogP contribution in [0.4, 0.5) is 5.69 Å². The van der Waals surface area contributed by atoms with Crippen LogP contribution in [-0.2, 0) is 14.8 Å². The van der Waals surface area contributed by atoms with Crippen LogP contribution in [0.15, 0.2) is 88.8 Å². The Bertz CT molecular complexity index is 1680. The zero-order valence-electron chi connectivity index (χ0n) is 18.2. The lowest BCUT2D eigenvalue weighted by Crippen LogP contribution is -2.35. The fourth-order valence-corrected chi connectivity index (χ4v) is 5.91. The number of pyridine rings is 1. The van der Waals surface area contributed by atoms with Gasteiger partial charge in [-0.05, 0) is 54.6 Å². The van der Waals surface area contributed by atoms with Gasteiger partial charge < -0.3 is 14.1 Å². The van der Waals surface area contributed by atoms with Gasteiger partial charge in [-0.3, -0.25) is 9.10 Å². The Labute approximate surface area is 215 Å². The second-order valence-electron chi connectivity index (χ2n) is 7.68. The van der Waals surface area contributed by atoms with Crippen molar-refractivity contribution in [1.82, 2.24) is 14.5 Å². The largest absolute Gasteiger partial charge is 0.480 e. The van der Waals surface area contributed by atoms with E-state index in [-0.39, 0.29) is 20.6 Å². The van der Waals surface area contributed by atoms with E-state index < -0.39 is 22.5 Å². The van der Waals surface area contributed by atoms with Crippen LogP contribution in [-0.4, -0.2) is 40.6 Å². The minimum absolute atomic E-state index is 0.114. The van der Waals surface area contributed by atoms with Crippen molar-refractivity contribution in [2.75, 3.05) is 10.8 Å². The standard InChI is InChI=1S/C24H16Cl2N4O5S/c25-17-11-18(26)13-20(12-17)36(33,34)30(14-23(31)32)19-1-2-21-15(9-19)4-7-29(21)22-10-16(3-5-27-22)24-28-6-8-35-24/h1-13H,14H2,(H,31,32). The van der Waals surface area contributed by atoms with Crippen LogP contribution >= 0.6 is 23.2 Å². The Morgan fingerprint density at radius 1 is 1.00 bits per heavy atom. The molecular weight excluding hydrogens is 527 g/mol. The lowest BCUT2D eigenvalue weighted by molar-refractivity contribution is -0.135. The Hall–Kier alpha value is -3.86. The van der Waals surface area contributed by atoms with Crippen LogP contribution in [0.5, 0.6) is 0 Å². The van der Waals surface area contributed by atoms with E-state index in [1.807, 2.05) is 10.6 Å². The molecule has 0 saturated carbocycles. The molecule has 9 nitrogen and oxygen atoms in total. The van der Waals surface area contributed by atoms with Crippen molar-refractivity contribution < 1.29 is 22.7 Å². The molecule has 0 radical (unpaired) electrons. The highest BCUT2D eigenvalue weighted by Crippen LogP contribution is 2.31. The molecule has 0 bridgehead atoms. The average molecular weight is 543 g/mol. The van der Waals surface area contributed by atoms with E-state index in [2.05, 4.69) is 9.97 Å². The van der Waals surface area contributed by atoms with Gasteiger partial charge in [-0.15, -0.1) is 0 Å². The SMILES string of the molecule is O=C(O)CN(c1ccc2c(ccn2-c2cc(-c3ncco3)ccn2)c1)S(=O)(=O)c1cc(Cl)cc(Cl)c1. The van der Waals surface area contributed by atoms with Crippen molar-refractivity contribution in [2.24, 2.45) is 0 Å². The number of carboxylic acid groups (broad SMARTS) is 1. The van der Waals surface area contributed by atoms with E-state index in [0.29, 0.717) is 17.1 Å². The van der Waals surface area contributed by atoms with Crippen LogP contribution in [0.3, 0.4) is 0 Å². The molecule has 182 valence electrons. The molecule has 1 N–H and O–H groups in total. The van der Waals surface area contributed by atoms with Crippen molar-refractivity contribution in [3.8, 4) is 17.3 Å². The van der Waals surface area contributed by atoms with E-state index in [0.717, 1.165) is 15.4 Å². The summed E-state index contributed by atoms with van der Waals surface area (Å²) in [5.41, 5.74) is 1.64. The monoisotopic (exact) mass is 542 g/mol. The highest BCUT2D eigenvalue weighted by atomic mass is 35.5. The minimum atomic E-state index is -4.29. The quantitative estimate of drug-likeness (QED) is 0.297. The normalized spacial score (nSPS) is 11.6. The van der Waals surface area contributed by atoms with Gasteiger partial charge >= 0.3 is 5.97 Å². The van der Waals surface area contributed by atoms with Crippen LogP contribution in [0.1, 0.15) is 0 Å². The number of hydrogen-bond donors (Lipinski definition) is 1. The van der Waals surface area contributed by atoms with E-state index in [1.165, 1.54) is 30.5 Å². The molecule has 0 fully saturated rings. The van der Waals surface area contributed by atoms with Crippen LogP contribution in [0.2, 0.25) is 10.0 Å². The number of benzene rings is 2. The van der Waals surface area contributed by atoms with Gasteiger partial charge in [0, 0.05) is 33.4 Å². The number of carboxylic acids is 1. The number of rotatable bonds is 7. The number of anilines is 1. The van der Waals surface area contributed by atoms with Gasteiger partial charge in [0.1, 0.15) is 18.6 Å².